The Morgan fingerprint density at radius 2 is 0.950 bits per heavy atom. The van der Waals surface area contributed by atoms with Crippen LogP contribution >= 0.6 is 0 Å². The minimum atomic E-state index is -0.204. The minimum Gasteiger partial charge on any atom is -0.399 e. The van der Waals surface area contributed by atoms with E-state index in [1.165, 1.54) is 0 Å². The number of nitrogens with two attached hydrogens (primary N) is 2. The standard InChI is InChI=1S/C16H20N2O2/c1-19-15(11-3-7-13(17)8-4-11)16(20-2)12-5-9-14(18)10-6-12/h3-10,15-16H,17-18H2,1-2H3. The van der Waals surface area contributed by atoms with E-state index >= 15 is 0 Å². The minimum absolute atomic E-state index is 0.204. The second kappa shape index (κ2) is 6.41. The predicted octanol–water partition coefficient (Wildman–Crippen LogP) is 2.93. The molecule has 0 fully saturated rings. The van der Waals surface area contributed by atoms with E-state index in [0.29, 0.717) is 0 Å². The molecule has 0 aliphatic heterocycles. The highest BCUT2D eigenvalue weighted by Gasteiger charge is 2.24. The van der Waals surface area contributed by atoms with Gasteiger partial charge in [-0.15, -0.1) is 0 Å². The number of nitrogen functional groups attached to an aromatic ring is 2. The van der Waals surface area contributed by atoms with Gasteiger partial charge in [0.15, 0.2) is 0 Å². The van der Waals surface area contributed by atoms with Crippen LogP contribution in [0.4, 0.5) is 11.4 Å². The molecule has 0 saturated heterocycles. The first-order chi connectivity index (χ1) is 9.65. The maximum absolute atomic E-state index is 5.72. The van der Waals surface area contributed by atoms with Crippen molar-refractivity contribution in [2.45, 2.75) is 12.2 Å². The second-order valence-corrected chi connectivity index (χ2v) is 4.65. The van der Waals surface area contributed by atoms with Gasteiger partial charge in [-0.05, 0) is 35.4 Å². The van der Waals surface area contributed by atoms with E-state index in [9.17, 15) is 0 Å². The summed E-state index contributed by atoms with van der Waals surface area (Å²) < 4.78 is 11.2. The molecule has 0 saturated carbocycles. The maximum Gasteiger partial charge on any atom is 0.112 e. The Bertz CT molecular complexity index is 486. The summed E-state index contributed by atoms with van der Waals surface area (Å²) in [5.41, 5.74) is 14.9. The highest BCUT2D eigenvalue weighted by Crippen LogP contribution is 2.34. The van der Waals surface area contributed by atoms with Crippen LogP contribution in [0.15, 0.2) is 48.5 Å². The van der Waals surface area contributed by atoms with Crippen molar-refractivity contribution < 1.29 is 9.47 Å². The molecule has 4 N–H and O–H groups in total. The Hall–Kier alpha value is -2.04. The Labute approximate surface area is 119 Å². The molecule has 0 aliphatic rings. The summed E-state index contributed by atoms with van der Waals surface area (Å²) >= 11 is 0. The number of anilines is 2. The van der Waals surface area contributed by atoms with Crippen molar-refractivity contribution in [3.63, 3.8) is 0 Å². The van der Waals surface area contributed by atoms with Crippen molar-refractivity contribution in [2.75, 3.05) is 25.7 Å². The molecule has 2 unspecified atom stereocenters. The summed E-state index contributed by atoms with van der Waals surface area (Å²) in [5.74, 6) is 0. The van der Waals surface area contributed by atoms with Crippen LogP contribution in [0.25, 0.3) is 0 Å². The van der Waals surface area contributed by atoms with Gasteiger partial charge in [-0.2, -0.15) is 0 Å². The summed E-state index contributed by atoms with van der Waals surface area (Å²) in [6, 6.07) is 15.2. The lowest BCUT2D eigenvalue weighted by atomic mass is 9.97. The van der Waals surface area contributed by atoms with Crippen LogP contribution in [0.5, 0.6) is 0 Å². The Balaban J connectivity index is 2.32. The van der Waals surface area contributed by atoms with Crippen LogP contribution in [0, 0.1) is 0 Å². The first kappa shape index (κ1) is 14.4. The molecule has 4 nitrogen and oxygen atoms in total. The molecule has 0 amide bonds. The average Bonchev–Trinajstić information content (AvgIpc) is 2.47. The predicted molar refractivity (Wildman–Crippen MR) is 81.2 cm³/mol. The van der Waals surface area contributed by atoms with Crippen molar-refractivity contribution in [1.29, 1.82) is 0 Å². The van der Waals surface area contributed by atoms with E-state index in [-0.39, 0.29) is 12.2 Å². The van der Waals surface area contributed by atoms with Crippen LogP contribution in [0.3, 0.4) is 0 Å². The van der Waals surface area contributed by atoms with Gasteiger partial charge in [0.1, 0.15) is 12.2 Å². The molecule has 2 aromatic carbocycles. The lowest BCUT2D eigenvalue weighted by Gasteiger charge is -2.26. The van der Waals surface area contributed by atoms with E-state index in [2.05, 4.69) is 0 Å². The molecule has 0 aliphatic carbocycles. The number of rotatable bonds is 5. The summed E-state index contributed by atoms with van der Waals surface area (Å²) in [5, 5.41) is 0. The van der Waals surface area contributed by atoms with Gasteiger partial charge in [-0.3, -0.25) is 0 Å². The Morgan fingerprint density at radius 3 is 1.20 bits per heavy atom. The zero-order valence-corrected chi connectivity index (χ0v) is 11.7. The Morgan fingerprint density at radius 1 is 0.650 bits per heavy atom. The van der Waals surface area contributed by atoms with Crippen LogP contribution in [0.2, 0.25) is 0 Å². The van der Waals surface area contributed by atoms with Crippen molar-refractivity contribution in [2.24, 2.45) is 0 Å². The van der Waals surface area contributed by atoms with E-state index in [0.717, 1.165) is 22.5 Å². The number of benzene rings is 2. The van der Waals surface area contributed by atoms with Crippen LogP contribution in [-0.4, -0.2) is 14.2 Å². The number of hydrogen-bond donors (Lipinski definition) is 2. The van der Waals surface area contributed by atoms with Crippen molar-refractivity contribution in [1.82, 2.24) is 0 Å². The molecule has 0 spiro atoms. The molecule has 0 heterocycles. The highest BCUT2D eigenvalue weighted by atomic mass is 16.5. The summed E-state index contributed by atoms with van der Waals surface area (Å²) in [4.78, 5) is 0. The molecule has 20 heavy (non-hydrogen) atoms. The SMILES string of the molecule is COC(c1ccc(N)cc1)C(OC)c1ccc(N)cc1. The second-order valence-electron chi connectivity index (χ2n) is 4.65. The topological polar surface area (TPSA) is 70.5 Å². The van der Waals surface area contributed by atoms with Gasteiger partial charge in [0.2, 0.25) is 0 Å². The van der Waals surface area contributed by atoms with Crippen LogP contribution in [0.1, 0.15) is 23.3 Å². The van der Waals surface area contributed by atoms with Gasteiger partial charge in [-0.25, -0.2) is 0 Å². The molecule has 106 valence electrons. The van der Waals surface area contributed by atoms with E-state index in [1.54, 1.807) is 14.2 Å². The van der Waals surface area contributed by atoms with Crippen molar-refractivity contribution in [3.05, 3.63) is 59.7 Å². The van der Waals surface area contributed by atoms with Crippen molar-refractivity contribution >= 4 is 11.4 Å². The summed E-state index contributed by atoms with van der Waals surface area (Å²) in [6.07, 6.45) is -0.409. The molecule has 0 radical (unpaired) electrons. The molecule has 0 bridgehead atoms. The van der Waals surface area contributed by atoms with Gasteiger partial charge >= 0.3 is 0 Å². The third-order valence-electron chi connectivity index (χ3n) is 3.31. The van der Waals surface area contributed by atoms with Crippen LogP contribution < -0.4 is 11.5 Å². The summed E-state index contributed by atoms with van der Waals surface area (Å²) in [7, 11) is 3.34. The number of methoxy groups -OCH3 is 2. The molecule has 2 atom stereocenters. The van der Waals surface area contributed by atoms with Gasteiger partial charge in [0, 0.05) is 25.6 Å². The molecule has 2 rings (SSSR count). The smallest absolute Gasteiger partial charge is 0.112 e. The molecule has 2 aromatic rings. The first-order valence-corrected chi connectivity index (χ1v) is 6.42. The average molecular weight is 272 g/mol. The highest BCUT2D eigenvalue weighted by molar-refractivity contribution is 5.42. The number of hydrogen-bond acceptors (Lipinski definition) is 4. The monoisotopic (exact) mass is 272 g/mol. The maximum atomic E-state index is 5.72. The van der Waals surface area contributed by atoms with Gasteiger partial charge in [-0.1, -0.05) is 24.3 Å². The first-order valence-electron chi connectivity index (χ1n) is 6.42. The van der Waals surface area contributed by atoms with Crippen molar-refractivity contribution in [3.8, 4) is 0 Å². The van der Waals surface area contributed by atoms with Crippen LogP contribution in [-0.2, 0) is 9.47 Å². The van der Waals surface area contributed by atoms with E-state index < -0.39 is 0 Å². The van der Waals surface area contributed by atoms with Gasteiger partial charge in [0.05, 0.1) is 0 Å². The molecular formula is C16H20N2O2. The zero-order valence-electron chi connectivity index (χ0n) is 11.7. The fourth-order valence-electron chi connectivity index (χ4n) is 2.24. The summed E-state index contributed by atoms with van der Waals surface area (Å²) in [6.45, 7) is 0. The molecule has 4 heteroatoms. The molecular weight excluding hydrogens is 252 g/mol. The molecule has 0 aromatic heterocycles. The third-order valence-corrected chi connectivity index (χ3v) is 3.31. The number of ether oxygens (including phenoxy) is 2. The quantitative estimate of drug-likeness (QED) is 0.821. The Kier molecular flexibility index (Phi) is 4.61. The fraction of sp³-hybridized carbons (Fsp3) is 0.250. The normalized spacial score (nSPS) is 13.9. The van der Waals surface area contributed by atoms with E-state index in [1.807, 2.05) is 48.5 Å². The third kappa shape index (κ3) is 3.10. The van der Waals surface area contributed by atoms with Gasteiger partial charge < -0.3 is 20.9 Å². The zero-order chi connectivity index (χ0) is 14.5. The van der Waals surface area contributed by atoms with E-state index in [4.69, 9.17) is 20.9 Å². The van der Waals surface area contributed by atoms with Gasteiger partial charge in [0.25, 0.3) is 0 Å². The largest absolute Gasteiger partial charge is 0.399 e. The lowest BCUT2D eigenvalue weighted by molar-refractivity contribution is -0.0397. The fourth-order valence-corrected chi connectivity index (χ4v) is 2.24. The lowest BCUT2D eigenvalue weighted by Crippen LogP contribution is -2.15.